The first-order chi connectivity index (χ1) is 8.63. The van der Waals surface area contributed by atoms with Crippen LogP contribution in [0.25, 0.3) is 0 Å². The molecule has 2 saturated heterocycles. The Morgan fingerprint density at radius 3 is 2.89 bits per heavy atom. The third kappa shape index (κ3) is 2.49. The van der Waals surface area contributed by atoms with E-state index in [1.54, 1.807) is 11.0 Å². The number of amides is 2. The minimum Gasteiger partial charge on any atom is -0.445 e. The van der Waals surface area contributed by atoms with E-state index in [1.807, 2.05) is 11.8 Å². The van der Waals surface area contributed by atoms with Crippen molar-refractivity contribution >= 4 is 12.0 Å². The minimum atomic E-state index is -0.308. The molecule has 0 aromatic carbocycles. The Hall–Kier alpha value is -1.52. The highest BCUT2D eigenvalue weighted by Gasteiger charge is 2.38. The predicted molar refractivity (Wildman–Crippen MR) is 67.0 cm³/mol. The quantitative estimate of drug-likeness (QED) is 0.710. The third-order valence-electron chi connectivity index (χ3n) is 3.69. The van der Waals surface area contributed by atoms with Crippen molar-refractivity contribution in [2.45, 2.75) is 25.8 Å². The van der Waals surface area contributed by atoms with Crippen LogP contribution in [0.5, 0.6) is 0 Å². The first-order valence-electron chi connectivity index (χ1n) is 6.46. The molecule has 0 aromatic heterocycles. The van der Waals surface area contributed by atoms with Gasteiger partial charge >= 0.3 is 6.09 Å². The largest absolute Gasteiger partial charge is 0.445 e. The second-order valence-corrected chi connectivity index (χ2v) is 4.98. The highest BCUT2D eigenvalue weighted by molar-refractivity contribution is 5.81. The number of hydrogen-bond acceptors (Lipinski definition) is 3. The molecule has 0 aliphatic carbocycles. The molecule has 2 heterocycles. The van der Waals surface area contributed by atoms with E-state index in [9.17, 15) is 9.59 Å². The Kier molecular flexibility index (Phi) is 3.89. The number of nitrogens with zero attached hydrogens (tertiary/aromatic N) is 2. The summed E-state index contributed by atoms with van der Waals surface area (Å²) in [6.45, 7) is 7.79. The van der Waals surface area contributed by atoms with Crippen LogP contribution in [0.4, 0.5) is 4.79 Å². The van der Waals surface area contributed by atoms with Gasteiger partial charge in [0.05, 0.1) is 6.04 Å². The fraction of sp³-hybridized carbons (Fsp3) is 0.692. The smallest absolute Gasteiger partial charge is 0.410 e. The Morgan fingerprint density at radius 2 is 2.28 bits per heavy atom. The molecular formula is C13H20N2O3. The molecule has 2 atom stereocenters. The van der Waals surface area contributed by atoms with Gasteiger partial charge in [-0.25, -0.2) is 4.79 Å². The lowest BCUT2D eigenvalue weighted by molar-refractivity contribution is -0.132. The zero-order valence-corrected chi connectivity index (χ0v) is 10.8. The maximum Gasteiger partial charge on any atom is 0.410 e. The van der Waals surface area contributed by atoms with Crippen molar-refractivity contribution in [3.8, 4) is 0 Å². The van der Waals surface area contributed by atoms with Gasteiger partial charge in [-0.2, -0.15) is 0 Å². The van der Waals surface area contributed by atoms with E-state index in [1.165, 1.54) is 0 Å². The molecule has 0 saturated carbocycles. The molecule has 2 aliphatic rings. The van der Waals surface area contributed by atoms with E-state index in [0.717, 1.165) is 19.4 Å². The van der Waals surface area contributed by atoms with Crippen LogP contribution in [0.3, 0.4) is 0 Å². The van der Waals surface area contributed by atoms with Crippen LogP contribution in [-0.4, -0.2) is 54.1 Å². The molecule has 2 rings (SSSR count). The monoisotopic (exact) mass is 252 g/mol. The van der Waals surface area contributed by atoms with Crippen molar-refractivity contribution in [1.29, 1.82) is 0 Å². The van der Waals surface area contributed by atoms with Crippen LogP contribution in [0.15, 0.2) is 12.7 Å². The molecule has 0 bridgehead atoms. The molecule has 2 aliphatic heterocycles. The first kappa shape index (κ1) is 12.9. The predicted octanol–water partition coefficient (Wildman–Crippen LogP) is 1.25. The van der Waals surface area contributed by atoms with E-state index in [-0.39, 0.29) is 30.6 Å². The van der Waals surface area contributed by atoms with Gasteiger partial charge in [0.1, 0.15) is 6.61 Å². The SMILES string of the molecule is C=CCOC(=O)N1CCC(N2CCC(C)C2=O)C1. The zero-order chi connectivity index (χ0) is 13.1. The standard InChI is InChI=1S/C13H20N2O3/c1-3-8-18-13(17)14-6-5-11(9-14)15-7-4-10(2)12(15)16/h3,10-11H,1,4-9H2,2H3. The van der Waals surface area contributed by atoms with Crippen LogP contribution < -0.4 is 0 Å². The minimum absolute atomic E-state index is 0.131. The Morgan fingerprint density at radius 1 is 1.50 bits per heavy atom. The summed E-state index contributed by atoms with van der Waals surface area (Å²) in [5, 5.41) is 0. The molecule has 0 radical (unpaired) electrons. The van der Waals surface area contributed by atoms with Crippen LogP contribution >= 0.6 is 0 Å². The average Bonchev–Trinajstić information content (AvgIpc) is 2.95. The van der Waals surface area contributed by atoms with E-state index in [0.29, 0.717) is 13.1 Å². The van der Waals surface area contributed by atoms with Crippen LogP contribution in [0, 0.1) is 5.92 Å². The Labute approximate surface area is 107 Å². The lowest BCUT2D eigenvalue weighted by Gasteiger charge is -2.24. The number of hydrogen-bond donors (Lipinski definition) is 0. The number of ether oxygens (including phenoxy) is 1. The maximum atomic E-state index is 11.9. The van der Waals surface area contributed by atoms with Gasteiger partial charge in [0.2, 0.25) is 5.91 Å². The van der Waals surface area contributed by atoms with Gasteiger partial charge in [0.25, 0.3) is 0 Å². The summed E-state index contributed by atoms with van der Waals surface area (Å²) in [5.74, 6) is 0.355. The molecule has 0 aromatic rings. The average molecular weight is 252 g/mol. The molecule has 18 heavy (non-hydrogen) atoms. The molecule has 5 heteroatoms. The summed E-state index contributed by atoms with van der Waals surface area (Å²) in [5.41, 5.74) is 0. The highest BCUT2D eigenvalue weighted by Crippen LogP contribution is 2.25. The van der Waals surface area contributed by atoms with Crippen molar-refractivity contribution in [3.05, 3.63) is 12.7 Å². The van der Waals surface area contributed by atoms with Gasteiger partial charge in [-0.05, 0) is 12.8 Å². The van der Waals surface area contributed by atoms with Gasteiger partial charge in [-0.3, -0.25) is 4.79 Å². The molecule has 5 nitrogen and oxygen atoms in total. The summed E-state index contributed by atoms with van der Waals surface area (Å²) in [6, 6.07) is 0.165. The van der Waals surface area contributed by atoms with Crippen LogP contribution in [0.1, 0.15) is 19.8 Å². The molecule has 100 valence electrons. The fourth-order valence-electron chi connectivity index (χ4n) is 2.60. The summed E-state index contributed by atoms with van der Waals surface area (Å²) < 4.78 is 5.00. The molecule has 0 spiro atoms. The summed E-state index contributed by atoms with van der Waals surface area (Å²) in [7, 11) is 0. The molecule has 2 unspecified atom stereocenters. The number of carbonyl (C=O) groups is 2. The third-order valence-corrected chi connectivity index (χ3v) is 3.69. The second kappa shape index (κ2) is 5.42. The fourth-order valence-corrected chi connectivity index (χ4v) is 2.60. The zero-order valence-electron chi connectivity index (χ0n) is 10.8. The summed E-state index contributed by atoms with van der Waals surface area (Å²) in [4.78, 5) is 27.2. The van der Waals surface area contributed by atoms with Crippen molar-refractivity contribution in [3.63, 3.8) is 0 Å². The summed E-state index contributed by atoms with van der Waals surface area (Å²) in [6.07, 6.45) is 3.02. The van der Waals surface area contributed by atoms with E-state index >= 15 is 0 Å². The van der Waals surface area contributed by atoms with Crippen molar-refractivity contribution < 1.29 is 14.3 Å². The Bertz CT molecular complexity index is 356. The van der Waals surface area contributed by atoms with E-state index < -0.39 is 0 Å². The lowest BCUT2D eigenvalue weighted by atomic mass is 10.1. The Balaban J connectivity index is 1.86. The van der Waals surface area contributed by atoms with Gasteiger partial charge in [-0.15, -0.1) is 0 Å². The molecule has 0 N–H and O–H groups in total. The van der Waals surface area contributed by atoms with Crippen molar-refractivity contribution in [2.75, 3.05) is 26.2 Å². The number of carbonyl (C=O) groups excluding carboxylic acids is 2. The lowest BCUT2D eigenvalue weighted by Crippen LogP contribution is -2.40. The highest BCUT2D eigenvalue weighted by atomic mass is 16.6. The van der Waals surface area contributed by atoms with Gasteiger partial charge < -0.3 is 14.5 Å². The number of likely N-dealkylation sites (tertiary alicyclic amines) is 2. The van der Waals surface area contributed by atoms with E-state index in [4.69, 9.17) is 4.74 Å². The van der Waals surface area contributed by atoms with Gasteiger partial charge in [-0.1, -0.05) is 19.6 Å². The summed E-state index contributed by atoms with van der Waals surface area (Å²) >= 11 is 0. The van der Waals surface area contributed by atoms with Crippen molar-refractivity contribution in [1.82, 2.24) is 9.80 Å². The number of rotatable bonds is 3. The first-order valence-corrected chi connectivity index (χ1v) is 6.46. The second-order valence-electron chi connectivity index (χ2n) is 4.98. The van der Waals surface area contributed by atoms with E-state index in [2.05, 4.69) is 6.58 Å². The maximum absolute atomic E-state index is 11.9. The van der Waals surface area contributed by atoms with Gasteiger partial charge in [0, 0.05) is 25.6 Å². The molecule has 2 amide bonds. The normalized spacial score (nSPS) is 27.7. The molecular weight excluding hydrogens is 232 g/mol. The van der Waals surface area contributed by atoms with Crippen LogP contribution in [0.2, 0.25) is 0 Å². The van der Waals surface area contributed by atoms with Crippen LogP contribution in [-0.2, 0) is 9.53 Å². The van der Waals surface area contributed by atoms with Crippen molar-refractivity contribution in [2.24, 2.45) is 5.92 Å². The van der Waals surface area contributed by atoms with Gasteiger partial charge in [0.15, 0.2) is 0 Å². The topological polar surface area (TPSA) is 49.9 Å². The molecule has 2 fully saturated rings.